The topological polar surface area (TPSA) is 41.5 Å². The number of nitrogens with one attached hydrogen (secondary N) is 1. The molecular weight excluding hydrogens is 238 g/mol. The number of aryl methyl sites for hydroxylation is 1. The minimum atomic E-state index is -0.521. The Morgan fingerprint density at radius 2 is 1.89 bits per heavy atom. The van der Waals surface area contributed by atoms with Crippen LogP contribution in [0.15, 0.2) is 48.5 Å². The minimum absolute atomic E-state index is 0.468. The molecule has 0 radical (unpaired) electrons. The summed E-state index contributed by atoms with van der Waals surface area (Å²) >= 11 is 0. The summed E-state index contributed by atoms with van der Waals surface area (Å²) in [4.78, 5) is 0. The molecule has 0 spiro atoms. The maximum Gasteiger partial charge on any atom is 0.120 e. The number of hydrogen-bond acceptors (Lipinski definition) is 3. The van der Waals surface area contributed by atoms with Crippen molar-refractivity contribution in [3.8, 4) is 5.75 Å². The maximum atomic E-state index is 10.1. The molecule has 2 N–H and O–H groups in total. The van der Waals surface area contributed by atoms with E-state index in [1.54, 1.807) is 7.11 Å². The van der Waals surface area contributed by atoms with E-state index >= 15 is 0 Å². The zero-order chi connectivity index (χ0) is 13.7. The second kappa shape index (κ2) is 6.25. The summed E-state index contributed by atoms with van der Waals surface area (Å²) in [5.41, 5.74) is 3.04. The molecular formula is C16H19NO2. The Kier molecular flexibility index (Phi) is 4.42. The molecule has 100 valence electrons. The summed E-state index contributed by atoms with van der Waals surface area (Å²) in [6, 6.07) is 15.6. The van der Waals surface area contributed by atoms with Crippen LogP contribution in [0, 0.1) is 6.92 Å². The van der Waals surface area contributed by atoms with Crippen molar-refractivity contribution in [1.29, 1.82) is 0 Å². The van der Waals surface area contributed by atoms with Crippen molar-refractivity contribution in [2.24, 2.45) is 0 Å². The van der Waals surface area contributed by atoms with Crippen LogP contribution in [0.5, 0.6) is 5.75 Å². The fourth-order valence-corrected chi connectivity index (χ4v) is 1.85. The number of methoxy groups -OCH3 is 1. The van der Waals surface area contributed by atoms with Gasteiger partial charge >= 0.3 is 0 Å². The van der Waals surface area contributed by atoms with Gasteiger partial charge in [0.25, 0.3) is 0 Å². The SMILES string of the molecule is COc1cccc(NCC(O)c2ccc(C)cc2)c1. The molecule has 1 unspecified atom stereocenters. The highest BCUT2D eigenvalue weighted by atomic mass is 16.5. The van der Waals surface area contributed by atoms with Gasteiger partial charge in [0.15, 0.2) is 0 Å². The van der Waals surface area contributed by atoms with E-state index in [2.05, 4.69) is 5.32 Å². The summed E-state index contributed by atoms with van der Waals surface area (Å²) in [7, 11) is 1.64. The zero-order valence-corrected chi connectivity index (χ0v) is 11.3. The van der Waals surface area contributed by atoms with Crippen molar-refractivity contribution in [2.45, 2.75) is 13.0 Å². The Morgan fingerprint density at radius 3 is 2.58 bits per heavy atom. The fraction of sp³-hybridized carbons (Fsp3) is 0.250. The minimum Gasteiger partial charge on any atom is -0.497 e. The maximum absolute atomic E-state index is 10.1. The summed E-state index contributed by atoms with van der Waals surface area (Å²) < 4.78 is 5.16. The van der Waals surface area contributed by atoms with Gasteiger partial charge in [0.1, 0.15) is 5.75 Å². The van der Waals surface area contributed by atoms with E-state index in [0.29, 0.717) is 6.54 Å². The first-order chi connectivity index (χ1) is 9.19. The van der Waals surface area contributed by atoms with Crippen LogP contribution < -0.4 is 10.1 Å². The lowest BCUT2D eigenvalue weighted by molar-refractivity contribution is 0.191. The van der Waals surface area contributed by atoms with Gasteiger partial charge in [-0.15, -0.1) is 0 Å². The van der Waals surface area contributed by atoms with Gasteiger partial charge in [-0.05, 0) is 24.6 Å². The van der Waals surface area contributed by atoms with Gasteiger partial charge in [0, 0.05) is 18.3 Å². The summed E-state index contributed by atoms with van der Waals surface area (Å²) in [5.74, 6) is 0.801. The van der Waals surface area contributed by atoms with E-state index in [-0.39, 0.29) is 0 Å². The number of aliphatic hydroxyl groups is 1. The number of ether oxygens (including phenoxy) is 1. The number of hydrogen-bond donors (Lipinski definition) is 2. The molecule has 0 amide bonds. The molecule has 0 aliphatic rings. The van der Waals surface area contributed by atoms with Crippen molar-refractivity contribution in [3.05, 3.63) is 59.7 Å². The number of rotatable bonds is 5. The van der Waals surface area contributed by atoms with Crippen molar-refractivity contribution < 1.29 is 9.84 Å². The van der Waals surface area contributed by atoms with Crippen LogP contribution in [0.4, 0.5) is 5.69 Å². The van der Waals surface area contributed by atoms with Gasteiger partial charge in [-0.2, -0.15) is 0 Å². The van der Waals surface area contributed by atoms with Crippen LogP contribution in [0.1, 0.15) is 17.2 Å². The van der Waals surface area contributed by atoms with E-state index in [1.165, 1.54) is 5.56 Å². The highest BCUT2D eigenvalue weighted by Crippen LogP contribution is 2.19. The molecule has 1 atom stereocenters. The molecule has 3 heteroatoms. The number of aliphatic hydroxyl groups excluding tert-OH is 1. The fourth-order valence-electron chi connectivity index (χ4n) is 1.85. The molecule has 3 nitrogen and oxygen atoms in total. The largest absolute Gasteiger partial charge is 0.497 e. The lowest BCUT2D eigenvalue weighted by atomic mass is 10.1. The Hall–Kier alpha value is -2.00. The molecule has 19 heavy (non-hydrogen) atoms. The van der Waals surface area contributed by atoms with Crippen molar-refractivity contribution in [1.82, 2.24) is 0 Å². The predicted octanol–water partition coefficient (Wildman–Crippen LogP) is 3.15. The molecule has 0 fully saturated rings. The first-order valence-electron chi connectivity index (χ1n) is 6.31. The van der Waals surface area contributed by atoms with Crippen LogP contribution >= 0.6 is 0 Å². The summed E-state index contributed by atoms with van der Waals surface area (Å²) in [6.45, 7) is 2.50. The molecule has 2 aromatic carbocycles. The normalized spacial score (nSPS) is 11.9. The molecule has 0 saturated carbocycles. The van der Waals surface area contributed by atoms with Crippen LogP contribution in [0.3, 0.4) is 0 Å². The summed E-state index contributed by atoms with van der Waals surface area (Å²) in [6.07, 6.45) is -0.521. The van der Waals surface area contributed by atoms with Crippen molar-refractivity contribution in [2.75, 3.05) is 19.0 Å². The molecule has 0 aliphatic carbocycles. The Bertz CT molecular complexity index is 523. The van der Waals surface area contributed by atoms with E-state index < -0.39 is 6.10 Å². The molecule has 0 aromatic heterocycles. The second-order valence-corrected chi connectivity index (χ2v) is 4.54. The highest BCUT2D eigenvalue weighted by molar-refractivity contribution is 5.48. The average Bonchev–Trinajstić information content (AvgIpc) is 2.46. The van der Waals surface area contributed by atoms with Crippen LogP contribution in [-0.2, 0) is 0 Å². The predicted molar refractivity (Wildman–Crippen MR) is 77.6 cm³/mol. The number of anilines is 1. The van der Waals surface area contributed by atoms with Gasteiger partial charge in [-0.3, -0.25) is 0 Å². The van der Waals surface area contributed by atoms with Crippen LogP contribution in [-0.4, -0.2) is 18.8 Å². The monoisotopic (exact) mass is 257 g/mol. The Labute approximate surface area is 113 Å². The average molecular weight is 257 g/mol. The molecule has 2 rings (SSSR count). The third-order valence-electron chi connectivity index (χ3n) is 3.03. The third kappa shape index (κ3) is 3.73. The molecule has 0 aliphatic heterocycles. The van der Waals surface area contributed by atoms with Gasteiger partial charge in [-0.1, -0.05) is 35.9 Å². The lowest BCUT2D eigenvalue weighted by Crippen LogP contribution is -2.12. The van der Waals surface area contributed by atoms with Gasteiger partial charge in [0.2, 0.25) is 0 Å². The first-order valence-corrected chi connectivity index (χ1v) is 6.31. The van der Waals surface area contributed by atoms with Crippen LogP contribution in [0.25, 0.3) is 0 Å². The van der Waals surface area contributed by atoms with E-state index in [9.17, 15) is 5.11 Å². The standard InChI is InChI=1S/C16H19NO2/c1-12-6-8-13(9-7-12)16(18)11-17-14-4-3-5-15(10-14)19-2/h3-10,16-18H,11H2,1-2H3. The lowest BCUT2D eigenvalue weighted by Gasteiger charge is -2.14. The second-order valence-electron chi connectivity index (χ2n) is 4.54. The van der Waals surface area contributed by atoms with E-state index in [1.807, 2.05) is 55.5 Å². The highest BCUT2D eigenvalue weighted by Gasteiger charge is 2.06. The van der Waals surface area contributed by atoms with Gasteiger partial charge in [-0.25, -0.2) is 0 Å². The third-order valence-corrected chi connectivity index (χ3v) is 3.03. The Morgan fingerprint density at radius 1 is 1.16 bits per heavy atom. The molecule has 0 saturated heterocycles. The molecule has 0 heterocycles. The quantitative estimate of drug-likeness (QED) is 0.864. The smallest absolute Gasteiger partial charge is 0.120 e. The van der Waals surface area contributed by atoms with E-state index in [4.69, 9.17) is 4.74 Å². The molecule has 0 bridgehead atoms. The Balaban J connectivity index is 1.96. The molecule has 2 aromatic rings. The summed E-state index contributed by atoms with van der Waals surface area (Å²) in [5, 5.41) is 13.3. The van der Waals surface area contributed by atoms with Crippen molar-refractivity contribution in [3.63, 3.8) is 0 Å². The number of benzene rings is 2. The van der Waals surface area contributed by atoms with Gasteiger partial charge in [0.05, 0.1) is 13.2 Å². The zero-order valence-electron chi connectivity index (χ0n) is 11.3. The van der Waals surface area contributed by atoms with Crippen molar-refractivity contribution >= 4 is 5.69 Å². The van der Waals surface area contributed by atoms with E-state index in [0.717, 1.165) is 17.0 Å². The van der Waals surface area contributed by atoms with Gasteiger partial charge < -0.3 is 15.2 Å². The van der Waals surface area contributed by atoms with Crippen LogP contribution in [0.2, 0.25) is 0 Å². The first kappa shape index (κ1) is 13.4.